The second-order valence-electron chi connectivity index (χ2n) is 8.98. The van der Waals surface area contributed by atoms with E-state index >= 15 is 0 Å². The summed E-state index contributed by atoms with van der Waals surface area (Å²) in [6, 6.07) is 11.2. The Kier molecular flexibility index (Phi) is 5.58. The molecule has 3 aliphatic rings. The van der Waals surface area contributed by atoms with E-state index < -0.39 is 10.0 Å². The van der Waals surface area contributed by atoms with Crippen LogP contribution >= 0.6 is 23.2 Å². The third-order valence-corrected chi connectivity index (χ3v) is 9.47. The number of piperidine rings is 1. The van der Waals surface area contributed by atoms with Gasteiger partial charge in [0.05, 0.1) is 10.9 Å². The molecule has 5 rings (SSSR count). The van der Waals surface area contributed by atoms with Crippen LogP contribution in [-0.2, 0) is 10.0 Å². The number of anilines is 1. The summed E-state index contributed by atoms with van der Waals surface area (Å²) >= 11 is 12.6. The van der Waals surface area contributed by atoms with Crippen LogP contribution in [0.3, 0.4) is 0 Å². The van der Waals surface area contributed by atoms with Gasteiger partial charge in [-0.1, -0.05) is 48.3 Å². The number of hydrogen-bond donors (Lipinski definition) is 1. The van der Waals surface area contributed by atoms with E-state index in [0.29, 0.717) is 33.9 Å². The Morgan fingerprint density at radius 3 is 2.55 bits per heavy atom. The molecule has 1 fully saturated rings. The number of fused-ring (bicyclic) bond motifs is 3. The third-order valence-electron chi connectivity index (χ3n) is 7.01. The summed E-state index contributed by atoms with van der Waals surface area (Å²) in [6.45, 7) is 3.38. The van der Waals surface area contributed by atoms with Gasteiger partial charge >= 0.3 is 0 Å². The molecule has 3 atom stereocenters. The summed E-state index contributed by atoms with van der Waals surface area (Å²) in [7, 11) is -3.48. The van der Waals surface area contributed by atoms with Gasteiger partial charge in [-0.25, -0.2) is 8.42 Å². The highest BCUT2D eigenvalue weighted by Gasteiger charge is 2.39. The number of benzene rings is 2. The molecule has 0 spiro atoms. The van der Waals surface area contributed by atoms with Crippen LogP contribution in [0, 0.1) is 11.8 Å². The fraction of sp³-hybridized carbons (Fsp3) is 0.417. The lowest BCUT2D eigenvalue weighted by Gasteiger charge is -2.38. The molecule has 2 aromatic carbocycles. The number of sulfonamides is 1. The maximum Gasteiger partial charge on any atom is 0.243 e. The fourth-order valence-corrected chi connectivity index (χ4v) is 7.20. The molecule has 31 heavy (non-hydrogen) atoms. The molecule has 0 bridgehead atoms. The topological polar surface area (TPSA) is 49.4 Å². The van der Waals surface area contributed by atoms with Crippen molar-refractivity contribution in [3.8, 4) is 0 Å². The molecule has 1 aliphatic carbocycles. The Bertz CT molecular complexity index is 1140. The van der Waals surface area contributed by atoms with E-state index in [1.54, 1.807) is 16.4 Å². The molecule has 0 saturated carbocycles. The first-order chi connectivity index (χ1) is 14.8. The summed E-state index contributed by atoms with van der Waals surface area (Å²) in [4.78, 5) is 0.393. The Balaban J connectivity index is 1.50. The van der Waals surface area contributed by atoms with Gasteiger partial charge in [0, 0.05) is 34.7 Å². The van der Waals surface area contributed by atoms with Gasteiger partial charge in [-0.3, -0.25) is 0 Å². The third kappa shape index (κ3) is 3.80. The molecule has 7 heteroatoms. The van der Waals surface area contributed by atoms with E-state index in [1.807, 2.05) is 24.3 Å². The molecule has 1 saturated heterocycles. The van der Waals surface area contributed by atoms with Crippen molar-refractivity contribution < 1.29 is 8.42 Å². The van der Waals surface area contributed by atoms with Crippen LogP contribution in [0.2, 0.25) is 10.0 Å². The first-order valence-electron chi connectivity index (χ1n) is 10.9. The minimum Gasteiger partial charge on any atom is -0.378 e. The molecule has 0 radical (unpaired) electrons. The number of allylic oxidation sites excluding steroid dienone is 2. The van der Waals surface area contributed by atoms with Crippen LogP contribution in [-0.4, -0.2) is 25.8 Å². The Hall–Kier alpha value is -1.53. The standard InChI is InChI=1S/C24H26Cl2N2O2S/c1-15-9-11-28(12-10-15)31(29,30)17-6-8-23-21(14-17)18-3-2-4-19(18)24(27-23)20-7-5-16(25)13-22(20)26/h2-3,5-8,13-15,18-19,24,27H,4,9-12H2,1H3. The molecule has 1 N–H and O–H groups in total. The summed E-state index contributed by atoms with van der Waals surface area (Å²) in [5.74, 6) is 1.02. The minimum absolute atomic E-state index is 0.0447. The monoisotopic (exact) mass is 476 g/mol. The Morgan fingerprint density at radius 2 is 1.81 bits per heavy atom. The molecule has 2 aliphatic heterocycles. The summed E-state index contributed by atoms with van der Waals surface area (Å²) in [6.07, 6.45) is 7.16. The first kappa shape index (κ1) is 21.3. The smallest absolute Gasteiger partial charge is 0.243 e. The van der Waals surface area contributed by atoms with E-state index in [9.17, 15) is 8.42 Å². The predicted octanol–water partition coefficient (Wildman–Crippen LogP) is 6.24. The summed E-state index contributed by atoms with van der Waals surface area (Å²) in [5, 5.41) is 4.90. The zero-order chi connectivity index (χ0) is 21.8. The Morgan fingerprint density at radius 1 is 1.03 bits per heavy atom. The van der Waals surface area contributed by atoms with Crippen LogP contribution in [0.1, 0.15) is 49.3 Å². The van der Waals surface area contributed by atoms with Crippen molar-refractivity contribution in [2.24, 2.45) is 11.8 Å². The molecule has 0 amide bonds. The van der Waals surface area contributed by atoms with Gasteiger partial charge in [0.25, 0.3) is 0 Å². The van der Waals surface area contributed by atoms with Crippen molar-refractivity contribution in [3.05, 3.63) is 69.7 Å². The van der Waals surface area contributed by atoms with Gasteiger partial charge in [0.15, 0.2) is 0 Å². The highest BCUT2D eigenvalue weighted by Crippen LogP contribution is 2.51. The maximum absolute atomic E-state index is 13.3. The van der Waals surface area contributed by atoms with Crippen molar-refractivity contribution >= 4 is 38.9 Å². The highest BCUT2D eigenvalue weighted by atomic mass is 35.5. The lowest BCUT2D eigenvalue weighted by molar-refractivity contribution is 0.288. The van der Waals surface area contributed by atoms with Crippen LogP contribution in [0.5, 0.6) is 0 Å². The van der Waals surface area contributed by atoms with Gasteiger partial charge in [-0.2, -0.15) is 4.31 Å². The number of rotatable bonds is 3. The van der Waals surface area contributed by atoms with E-state index in [2.05, 4.69) is 24.4 Å². The predicted molar refractivity (Wildman–Crippen MR) is 126 cm³/mol. The van der Waals surface area contributed by atoms with E-state index in [-0.39, 0.29) is 17.9 Å². The number of hydrogen-bond acceptors (Lipinski definition) is 3. The average molecular weight is 477 g/mol. The van der Waals surface area contributed by atoms with Crippen molar-refractivity contribution in [1.82, 2.24) is 4.31 Å². The van der Waals surface area contributed by atoms with Crippen LogP contribution in [0.15, 0.2) is 53.4 Å². The van der Waals surface area contributed by atoms with Crippen LogP contribution in [0.4, 0.5) is 5.69 Å². The number of halogens is 2. The van der Waals surface area contributed by atoms with Gasteiger partial charge in [0.2, 0.25) is 10.0 Å². The zero-order valence-electron chi connectivity index (χ0n) is 17.4. The lowest BCUT2D eigenvalue weighted by atomic mass is 9.77. The van der Waals surface area contributed by atoms with Crippen molar-refractivity contribution in [1.29, 1.82) is 0 Å². The van der Waals surface area contributed by atoms with Crippen LogP contribution < -0.4 is 5.32 Å². The zero-order valence-corrected chi connectivity index (χ0v) is 19.7. The van der Waals surface area contributed by atoms with Gasteiger partial charge in [-0.05, 0) is 72.6 Å². The second kappa shape index (κ2) is 8.11. The minimum atomic E-state index is -3.48. The largest absolute Gasteiger partial charge is 0.378 e. The van der Waals surface area contributed by atoms with Crippen molar-refractivity contribution in [2.45, 2.75) is 43.0 Å². The highest BCUT2D eigenvalue weighted by molar-refractivity contribution is 7.89. The van der Waals surface area contributed by atoms with E-state index in [4.69, 9.17) is 23.2 Å². The van der Waals surface area contributed by atoms with Gasteiger partial charge in [-0.15, -0.1) is 0 Å². The lowest BCUT2D eigenvalue weighted by Crippen LogP contribution is -2.38. The normalized spacial score (nSPS) is 26.4. The van der Waals surface area contributed by atoms with E-state index in [1.165, 1.54) is 0 Å². The van der Waals surface area contributed by atoms with E-state index in [0.717, 1.165) is 36.1 Å². The molecular formula is C24H26Cl2N2O2S. The molecule has 2 heterocycles. The quantitative estimate of drug-likeness (QED) is 0.533. The van der Waals surface area contributed by atoms with Gasteiger partial charge < -0.3 is 5.32 Å². The summed E-state index contributed by atoms with van der Waals surface area (Å²) < 4.78 is 28.2. The van der Waals surface area contributed by atoms with Gasteiger partial charge in [0.1, 0.15) is 0 Å². The van der Waals surface area contributed by atoms with Crippen molar-refractivity contribution in [3.63, 3.8) is 0 Å². The molecule has 2 aromatic rings. The average Bonchev–Trinajstić information content (AvgIpc) is 3.24. The first-order valence-corrected chi connectivity index (χ1v) is 13.1. The molecule has 0 aromatic heterocycles. The number of nitrogens with one attached hydrogen (secondary N) is 1. The summed E-state index contributed by atoms with van der Waals surface area (Å²) in [5.41, 5.74) is 3.04. The molecule has 3 unspecified atom stereocenters. The van der Waals surface area contributed by atoms with Crippen LogP contribution in [0.25, 0.3) is 0 Å². The molecule has 4 nitrogen and oxygen atoms in total. The SMILES string of the molecule is CC1CCN(S(=O)(=O)c2ccc3c(c2)C2C=CCC2C(c2ccc(Cl)cc2Cl)N3)CC1. The number of nitrogens with zero attached hydrogens (tertiary/aromatic N) is 1. The van der Waals surface area contributed by atoms with Crippen molar-refractivity contribution in [2.75, 3.05) is 18.4 Å². The second-order valence-corrected chi connectivity index (χ2v) is 11.8. The fourth-order valence-electron chi connectivity index (χ4n) is 5.17. The maximum atomic E-state index is 13.3. The Labute approximate surface area is 194 Å². The molecule has 164 valence electrons. The molecular weight excluding hydrogens is 451 g/mol.